The first-order valence-electron chi connectivity index (χ1n) is 4.28. The average molecular weight is 178 g/mol. The van der Waals surface area contributed by atoms with Crippen molar-refractivity contribution >= 4 is 11.5 Å². The minimum Gasteiger partial charge on any atom is -0.384 e. The van der Waals surface area contributed by atoms with Gasteiger partial charge in [-0.1, -0.05) is 6.92 Å². The van der Waals surface area contributed by atoms with Crippen LogP contribution in [-0.4, -0.2) is 17.4 Å². The molecule has 1 rings (SSSR count). The lowest BCUT2D eigenvalue weighted by Crippen LogP contribution is -2.14. The van der Waals surface area contributed by atoms with E-state index >= 15 is 0 Å². The zero-order chi connectivity index (χ0) is 9.68. The zero-order valence-electron chi connectivity index (χ0n) is 7.67. The monoisotopic (exact) mass is 178 g/mol. The molecule has 0 radical (unpaired) electrons. The first kappa shape index (κ1) is 9.51. The van der Waals surface area contributed by atoms with Gasteiger partial charge in [0.2, 0.25) is 0 Å². The molecule has 70 valence electrons. The van der Waals surface area contributed by atoms with Crippen molar-refractivity contribution in [3.63, 3.8) is 0 Å². The zero-order valence-corrected chi connectivity index (χ0v) is 7.67. The van der Waals surface area contributed by atoms with E-state index in [1.54, 1.807) is 18.5 Å². The fourth-order valence-electron chi connectivity index (χ4n) is 1.03. The molecule has 0 fully saturated rings. The smallest absolute Gasteiger partial charge is 0.125 e. The number of nitrogens with two attached hydrogens (primary N) is 1. The maximum absolute atomic E-state index is 7.32. The van der Waals surface area contributed by atoms with Crippen LogP contribution in [0.3, 0.4) is 0 Å². The molecule has 0 aliphatic rings. The lowest BCUT2D eigenvalue weighted by atomic mass is 10.2. The molecule has 13 heavy (non-hydrogen) atoms. The van der Waals surface area contributed by atoms with Crippen molar-refractivity contribution < 1.29 is 0 Å². The first-order chi connectivity index (χ1) is 6.25. The van der Waals surface area contributed by atoms with Crippen LogP contribution in [0.1, 0.15) is 18.9 Å². The fraction of sp³-hybridized carbons (Fsp3) is 0.333. The molecule has 0 aliphatic carbocycles. The van der Waals surface area contributed by atoms with Crippen LogP contribution >= 0.6 is 0 Å². The standard InChI is InChI=1S/C9H14N4/c1-2-4-13-8-6-12-5-3-7(8)9(10)11/h3,5-6,13H,2,4H2,1H3,(H3,10,11). The van der Waals surface area contributed by atoms with E-state index in [0.717, 1.165) is 18.7 Å². The topological polar surface area (TPSA) is 74.8 Å². The highest BCUT2D eigenvalue weighted by atomic mass is 14.9. The van der Waals surface area contributed by atoms with Crippen LogP contribution in [-0.2, 0) is 0 Å². The number of aromatic nitrogens is 1. The molecular weight excluding hydrogens is 164 g/mol. The van der Waals surface area contributed by atoms with E-state index in [-0.39, 0.29) is 5.84 Å². The number of pyridine rings is 1. The van der Waals surface area contributed by atoms with Gasteiger partial charge in [0.1, 0.15) is 5.84 Å². The Labute approximate surface area is 77.7 Å². The normalized spacial score (nSPS) is 9.62. The summed E-state index contributed by atoms with van der Waals surface area (Å²) in [5, 5.41) is 10.5. The second-order valence-electron chi connectivity index (χ2n) is 2.76. The SMILES string of the molecule is CCCNc1cnccc1C(=N)N. The number of hydrogen-bond acceptors (Lipinski definition) is 3. The predicted octanol–water partition coefficient (Wildman–Crippen LogP) is 1.19. The molecule has 0 bridgehead atoms. The van der Waals surface area contributed by atoms with Gasteiger partial charge < -0.3 is 11.1 Å². The van der Waals surface area contributed by atoms with Gasteiger partial charge in [-0.3, -0.25) is 10.4 Å². The van der Waals surface area contributed by atoms with Gasteiger partial charge in [0, 0.05) is 18.3 Å². The Balaban J connectivity index is 2.84. The van der Waals surface area contributed by atoms with E-state index < -0.39 is 0 Å². The van der Waals surface area contributed by atoms with Crippen molar-refractivity contribution in [2.45, 2.75) is 13.3 Å². The molecule has 1 aromatic rings. The van der Waals surface area contributed by atoms with Crippen LogP contribution in [0.4, 0.5) is 5.69 Å². The van der Waals surface area contributed by atoms with Crippen LogP contribution in [0.15, 0.2) is 18.5 Å². The number of rotatable bonds is 4. The highest BCUT2D eigenvalue weighted by Crippen LogP contribution is 2.11. The van der Waals surface area contributed by atoms with Gasteiger partial charge in [-0.05, 0) is 12.5 Å². The summed E-state index contributed by atoms with van der Waals surface area (Å²) in [6.45, 7) is 2.95. The number of nitrogen functional groups attached to an aromatic ring is 1. The lowest BCUT2D eigenvalue weighted by molar-refractivity contribution is 0.976. The third kappa shape index (κ3) is 2.43. The average Bonchev–Trinajstić information content (AvgIpc) is 2.15. The molecular formula is C9H14N4. The predicted molar refractivity (Wildman–Crippen MR) is 54.0 cm³/mol. The van der Waals surface area contributed by atoms with Crippen LogP contribution in [0.2, 0.25) is 0 Å². The molecule has 0 unspecified atom stereocenters. The van der Waals surface area contributed by atoms with E-state index in [9.17, 15) is 0 Å². The second kappa shape index (κ2) is 4.45. The van der Waals surface area contributed by atoms with Gasteiger partial charge in [0.15, 0.2) is 0 Å². The van der Waals surface area contributed by atoms with E-state index in [1.165, 1.54) is 0 Å². The minimum absolute atomic E-state index is 0.0704. The van der Waals surface area contributed by atoms with Gasteiger partial charge >= 0.3 is 0 Å². The molecule has 4 heteroatoms. The van der Waals surface area contributed by atoms with E-state index in [1.807, 2.05) is 0 Å². The Morgan fingerprint density at radius 2 is 2.46 bits per heavy atom. The molecule has 0 saturated carbocycles. The molecule has 1 aromatic heterocycles. The van der Waals surface area contributed by atoms with Gasteiger partial charge in [-0.15, -0.1) is 0 Å². The van der Waals surface area contributed by atoms with Crippen LogP contribution in [0, 0.1) is 5.41 Å². The summed E-state index contributed by atoms with van der Waals surface area (Å²) in [7, 11) is 0. The molecule has 0 aliphatic heterocycles. The minimum atomic E-state index is 0.0704. The molecule has 4 N–H and O–H groups in total. The highest BCUT2D eigenvalue weighted by Gasteiger charge is 2.02. The van der Waals surface area contributed by atoms with Gasteiger partial charge in [0.05, 0.1) is 11.9 Å². The number of nitrogens with zero attached hydrogens (tertiary/aromatic N) is 1. The van der Waals surface area contributed by atoms with Crippen molar-refractivity contribution in [1.29, 1.82) is 5.41 Å². The maximum atomic E-state index is 7.32. The van der Waals surface area contributed by atoms with Crippen molar-refractivity contribution in [2.75, 3.05) is 11.9 Å². The summed E-state index contributed by atoms with van der Waals surface area (Å²) in [4.78, 5) is 3.97. The Bertz CT molecular complexity index is 295. The maximum Gasteiger partial charge on any atom is 0.125 e. The van der Waals surface area contributed by atoms with Crippen LogP contribution in [0.25, 0.3) is 0 Å². The summed E-state index contributed by atoms with van der Waals surface area (Å²) < 4.78 is 0. The highest BCUT2D eigenvalue weighted by molar-refractivity contribution is 5.99. The van der Waals surface area contributed by atoms with Gasteiger partial charge in [-0.2, -0.15) is 0 Å². The lowest BCUT2D eigenvalue weighted by Gasteiger charge is -2.08. The third-order valence-electron chi connectivity index (χ3n) is 1.68. The Hall–Kier alpha value is -1.58. The van der Waals surface area contributed by atoms with E-state index in [0.29, 0.717) is 5.56 Å². The summed E-state index contributed by atoms with van der Waals surface area (Å²) in [6.07, 6.45) is 4.35. The summed E-state index contributed by atoms with van der Waals surface area (Å²) in [5.74, 6) is 0.0704. The summed E-state index contributed by atoms with van der Waals surface area (Å²) in [6, 6.07) is 1.74. The quantitative estimate of drug-likeness (QED) is 0.479. The second-order valence-corrected chi connectivity index (χ2v) is 2.76. The molecule has 0 atom stereocenters. The van der Waals surface area contributed by atoms with Crippen LogP contribution in [0.5, 0.6) is 0 Å². The van der Waals surface area contributed by atoms with Crippen molar-refractivity contribution in [1.82, 2.24) is 4.98 Å². The first-order valence-corrected chi connectivity index (χ1v) is 4.28. The van der Waals surface area contributed by atoms with Gasteiger partial charge in [0.25, 0.3) is 0 Å². The number of nitrogens with one attached hydrogen (secondary N) is 2. The molecule has 0 spiro atoms. The van der Waals surface area contributed by atoms with Crippen molar-refractivity contribution in [3.8, 4) is 0 Å². The molecule has 1 heterocycles. The number of hydrogen-bond donors (Lipinski definition) is 3. The molecule has 0 saturated heterocycles. The molecule has 0 aromatic carbocycles. The third-order valence-corrected chi connectivity index (χ3v) is 1.68. The molecule has 0 amide bonds. The van der Waals surface area contributed by atoms with E-state index in [2.05, 4.69) is 17.2 Å². The Morgan fingerprint density at radius 3 is 3.08 bits per heavy atom. The largest absolute Gasteiger partial charge is 0.384 e. The number of anilines is 1. The summed E-state index contributed by atoms with van der Waals surface area (Å²) >= 11 is 0. The Kier molecular flexibility index (Phi) is 3.25. The molecule has 4 nitrogen and oxygen atoms in total. The summed E-state index contributed by atoms with van der Waals surface area (Å²) in [5.41, 5.74) is 6.94. The number of amidine groups is 1. The van der Waals surface area contributed by atoms with Gasteiger partial charge in [-0.25, -0.2) is 0 Å². The van der Waals surface area contributed by atoms with Crippen molar-refractivity contribution in [2.24, 2.45) is 5.73 Å². The van der Waals surface area contributed by atoms with Crippen LogP contribution < -0.4 is 11.1 Å². The van der Waals surface area contributed by atoms with E-state index in [4.69, 9.17) is 11.1 Å². The Morgan fingerprint density at radius 1 is 1.69 bits per heavy atom. The fourth-order valence-corrected chi connectivity index (χ4v) is 1.03. The van der Waals surface area contributed by atoms with Crippen molar-refractivity contribution in [3.05, 3.63) is 24.0 Å².